The SMILES string of the molecule is CN1[C@@H]2CC[C@H]1CN(C(=O)c1sccc1S(N)(=O)=O)CC2. The Hall–Kier alpha value is -0.960. The molecule has 8 heteroatoms. The molecule has 2 fully saturated rings. The van der Waals surface area contributed by atoms with Gasteiger partial charge in [0.05, 0.1) is 0 Å². The van der Waals surface area contributed by atoms with Gasteiger partial charge in [-0.3, -0.25) is 9.69 Å². The summed E-state index contributed by atoms with van der Waals surface area (Å²) >= 11 is 1.14. The molecular weight excluding hydrogens is 310 g/mol. The quantitative estimate of drug-likeness (QED) is 0.866. The summed E-state index contributed by atoms with van der Waals surface area (Å²) in [6.07, 6.45) is 3.22. The molecule has 3 heterocycles. The fourth-order valence-electron chi connectivity index (χ4n) is 3.31. The Bertz CT molecular complexity index is 655. The van der Waals surface area contributed by atoms with Crippen LogP contribution in [0.15, 0.2) is 16.3 Å². The van der Waals surface area contributed by atoms with E-state index >= 15 is 0 Å². The van der Waals surface area contributed by atoms with Crippen molar-refractivity contribution in [3.63, 3.8) is 0 Å². The predicted molar refractivity (Wildman–Crippen MR) is 80.8 cm³/mol. The van der Waals surface area contributed by atoms with Crippen molar-refractivity contribution in [3.8, 4) is 0 Å². The first-order chi connectivity index (χ1) is 9.88. The summed E-state index contributed by atoms with van der Waals surface area (Å²) in [6, 6.07) is 2.32. The number of thiophene rings is 1. The molecule has 6 nitrogen and oxygen atoms in total. The molecule has 0 radical (unpaired) electrons. The van der Waals surface area contributed by atoms with Crippen LogP contribution in [0.3, 0.4) is 0 Å². The highest BCUT2D eigenvalue weighted by atomic mass is 32.2. The van der Waals surface area contributed by atoms with Gasteiger partial charge < -0.3 is 4.90 Å². The number of carbonyl (C=O) groups excluding carboxylic acids is 1. The Morgan fingerprint density at radius 1 is 1.33 bits per heavy atom. The summed E-state index contributed by atoms with van der Waals surface area (Å²) in [5, 5.41) is 6.78. The number of rotatable bonds is 2. The number of hydrogen-bond donors (Lipinski definition) is 1. The predicted octanol–water partition coefficient (Wildman–Crippen LogP) is 0.704. The van der Waals surface area contributed by atoms with Crippen LogP contribution in [0, 0.1) is 0 Å². The van der Waals surface area contributed by atoms with Gasteiger partial charge in [-0.2, -0.15) is 0 Å². The van der Waals surface area contributed by atoms with Crippen LogP contribution in [0.1, 0.15) is 28.9 Å². The third-order valence-corrected chi connectivity index (χ3v) is 6.55. The fourth-order valence-corrected chi connectivity index (χ4v) is 5.25. The van der Waals surface area contributed by atoms with Crippen LogP contribution in [-0.2, 0) is 10.0 Å². The zero-order valence-electron chi connectivity index (χ0n) is 11.9. The molecule has 1 amide bonds. The molecule has 2 saturated heterocycles. The van der Waals surface area contributed by atoms with E-state index in [4.69, 9.17) is 5.14 Å². The van der Waals surface area contributed by atoms with Crippen molar-refractivity contribution >= 4 is 27.3 Å². The van der Waals surface area contributed by atoms with E-state index in [1.165, 1.54) is 12.5 Å². The van der Waals surface area contributed by atoms with Crippen molar-refractivity contribution < 1.29 is 13.2 Å². The molecule has 1 aromatic heterocycles. The Kier molecular flexibility index (Phi) is 3.81. The van der Waals surface area contributed by atoms with Gasteiger partial charge in [0.25, 0.3) is 5.91 Å². The number of fused-ring (bicyclic) bond motifs is 2. The maximum absolute atomic E-state index is 12.7. The number of nitrogens with zero attached hydrogens (tertiary/aromatic N) is 2. The molecule has 21 heavy (non-hydrogen) atoms. The molecule has 2 aliphatic heterocycles. The van der Waals surface area contributed by atoms with E-state index in [-0.39, 0.29) is 15.7 Å². The highest BCUT2D eigenvalue weighted by Gasteiger charge is 2.37. The summed E-state index contributed by atoms with van der Waals surface area (Å²) in [6.45, 7) is 1.33. The second-order valence-corrected chi connectivity index (χ2v) is 8.20. The Morgan fingerprint density at radius 2 is 2.05 bits per heavy atom. The molecule has 2 bridgehead atoms. The van der Waals surface area contributed by atoms with Crippen LogP contribution in [0.25, 0.3) is 0 Å². The highest BCUT2D eigenvalue weighted by Crippen LogP contribution is 2.30. The molecule has 0 aliphatic carbocycles. The van der Waals surface area contributed by atoms with Gasteiger partial charge in [-0.15, -0.1) is 11.3 Å². The standard InChI is InChI=1S/C13H19N3O3S2/c1-15-9-2-3-10(15)8-16(6-4-9)13(17)12-11(5-7-20-12)21(14,18)19/h5,7,9-10H,2-4,6,8H2,1H3,(H2,14,18,19)/t9-,10+/m1/s1. The highest BCUT2D eigenvalue weighted by molar-refractivity contribution is 7.89. The zero-order chi connectivity index (χ0) is 15.2. The van der Waals surface area contributed by atoms with Gasteiger partial charge in [0.15, 0.2) is 0 Å². The topological polar surface area (TPSA) is 83.7 Å². The van der Waals surface area contributed by atoms with Gasteiger partial charge in [0.2, 0.25) is 10.0 Å². The summed E-state index contributed by atoms with van der Waals surface area (Å²) < 4.78 is 23.1. The second-order valence-electron chi connectivity index (χ2n) is 5.75. The van der Waals surface area contributed by atoms with Gasteiger partial charge in [-0.05, 0) is 37.8 Å². The van der Waals surface area contributed by atoms with Gasteiger partial charge in [-0.1, -0.05) is 0 Å². The minimum atomic E-state index is -3.85. The molecule has 2 atom stereocenters. The maximum atomic E-state index is 12.7. The number of carbonyl (C=O) groups is 1. The maximum Gasteiger partial charge on any atom is 0.265 e. The molecule has 0 saturated carbocycles. The van der Waals surface area contributed by atoms with E-state index in [0.29, 0.717) is 25.2 Å². The molecular formula is C13H19N3O3S2. The molecule has 0 unspecified atom stereocenters. The minimum absolute atomic E-state index is 0.0553. The average molecular weight is 329 g/mol. The number of primary sulfonamides is 1. The van der Waals surface area contributed by atoms with Crippen molar-refractivity contribution in [2.24, 2.45) is 5.14 Å². The zero-order valence-corrected chi connectivity index (χ0v) is 13.5. The number of nitrogens with two attached hydrogens (primary N) is 1. The van der Waals surface area contributed by atoms with Gasteiger partial charge in [-0.25, -0.2) is 13.6 Å². The van der Waals surface area contributed by atoms with Crippen LogP contribution in [0.2, 0.25) is 0 Å². The Morgan fingerprint density at radius 3 is 2.76 bits per heavy atom. The summed E-state index contributed by atoms with van der Waals surface area (Å²) in [5.74, 6) is -0.213. The van der Waals surface area contributed by atoms with E-state index in [0.717, 1.165) is 24.2 Å². The van der Waals surface area contributed by atoms with Gasteiger partial charge in [0, 0.05) is 25.2 Å². The van der Waals surface area contributed by atoms with E-state index in [1.54, 1.807) is 10.3 Å². The third-order valence-electron chi connectivity index (χ3n) is 4.57. The van der Waals surface area contributed by atoms with Crippen LogP contribution in [0.4, 0.5) is 0 Å². The normalized spacial score (nSPS) is 26.9. The van der Waals surface area contributed by atoms with E-state index in [2.05, 4.69) is 11.9 Å². The Balaban J connectivity index is 1.85. The van der Waals surface area contributed by atoms with Crippen molar-refractivity contribution in [3.05, 3.63) is 16.3 Å². The van der Waals surface area contributed by atoms with Crippen molar-refractivity contribution in [1.29, 1.82) is 0 Å². The number of hydrogen-bond acceptors (Lipinski definition) is 5. The molecule has 0 spiro atoms. The Labute approximate surface area is 128 Å². The summed E-state index contributed by atoms with van der Waals surface area (Å²) in [7, 11) is -1.74. The minimum Gasteiger partial charge on any atom is -0.336 e. The first-order valence-corrected chi connectivity index (χ1v) is 9.42. The lowest BCUT2D eigenvalue weighted by molar-refractivity contribution is 0.0741. The third kappa shape index (κ3) is 2.73. The molecule has 116 valence electrons. The van der Waals surface area contributed by atoms with Crippen LogP contribution < -0.4 is 5.14 Å². The van der Waals surface area contributed by atoms with E-state index < -0.39 is 10.0 Å². The van der Waals surface area contributed by atoms with Crippen LogP contribution in [0.5, 0.6) is 0 Å². The smallest absolute Gasteiger partial charge is 0.265 e. The lowest BCUT2D eigenvalue weighted by atomic mass is 10.1. The van der Waals surface area contributed by atoms with E-state index in [1.807, 2.05) is 0 Å². The fraction of sp³-hybridized carbons (Fsp3) is 0.615. The molecule has 2 aliphatic rings. The van der Waals surface area contributed by atoms with Crippen molar-refractivity contribution in [2.75, 3.05) is 20.1 Å². The monoisotopic (exact) mass is 329 g/mol. The second kappa shape index (κ2) is 5.35. The lowest BCUT2D eigenvalue weighted by Gasteiger charge is -2.25. The lowest BCUT2D eigenvalue weighted by Crippen LogP contribution is -2.39. The number of amides is 1. The molecule has 1 aromatic rings. The van der Waals surface area contributed by atoms with Crippen molar-refractivity contribution in [2.45, 2.75) is 36.2 Å². The van der Waals surface area contributed by atoms with Crippen LogP contribution >= 0.6 is 11.3 Å². The van der Waals surface area contributed by atoms with Gasteiger partial charge in [0.1, 0.15) is 9.77 Å². The first-order valence-electron chi connectivity index (χ1n) is 6.99. The molecule has 2 N–H and O–H groups in total. The van der Waals surface area contributed by atoms with Gasteiger partial charge >= 0.3 is 0 Å². The molecule has 0 aromatic carbocycles. The van der Waals surface area contributed by atoms with Crippen LogP contribution in [-0.4, -0.2) is 56.3 Å². The number of likely N-dealkylation sites (tertiary alicyclic amines) is 1. The number of likely N-dealkylation sites (N-methyl/N-ethyl adjacent to an activating group) is 1. The van der Waals surface area contributed by atoms with E-state index in [9.17, 15) is 13.2 Å². The molecule has 3 rings (SSSR count). The first kappa shape index (κ1) is 15.0. The number of sulfonamides is 1. The van der Waals surface area contributed by atoms with Crippen molar-refractivity contribution in [1.82, 2.24) is 9.80 Å². The largest absolute Gasteiger partial charge is 0.336 e. The average Bonchev–Trinajstić information content (AvgIpc) is 2.94. The summed E-state index contributed by atoms with van der Waals surface area (Å²) in [4.78, 5) is 17.0. The summed E-state index contributed by atoms with van der Waals surface area (Å²) in [5.41, 5.74) is 0.